The number of aromatic nitrogens is 1. The van der Waals surface area contributed by atoms with Gasteiger partial charge in [-0.05, 0) is 43.9 Å². The quantitative estimate of drug-likeness (QED) is 0.891. The number of hydrogen-bond donors (Lipinski definition) is 1. The summed E-state index contributed by atoms with van der Waals surface area (Å²) in [6, 6.07) is 3.79. The third-order valence-electron chi connectivity index (χ3n) is 5.42. The molecular formula is C17H23N3O2. The van der Waals surface area contributed by atoms with Crippen LogP contribution < -0.4 is 10.1 Å². The van der Waals surface area contributed by atoms with Gasteiger partial charge in [0.2, 0.25) is 5.91 Å². The summed E-state index contributed by atoms with van der Waals surface area (Å²) in [6.45, 7) is 4.44. The number of nitrogens with zero attached hydrogens (tertiary/aromatic N) is 2. The lowest BCUT2D eigenvalue weighted by atomic mass is 9.77. The lowest BCUT2D eigenvalue weighted by Gasteiger charge is -2.28. The van der Waals surface area contributed by atoms with E-state index in [1.807, 2.05) is 12.1 Å². The summed E-state index contributed by atoms with van der Waals surface area (Å²) in [7, 11) is 0. The highest BCUT2D eigenvalue weighted by atomic mass is 16.5. The molecule has 3 fully saturated rings. The molecule has 0 aromatic carbocycles. The number of amides is 1. The molecule has 0 radical (unpaired) electrons. The molecule has 1 amide bonds. The Morgan fingerprint density at radius 3 is 3.14 bits per heavy atom. The second kappa shape index (κ2) is 5.54. The number of carbonyl (C=O) groups excluding carboxylic acids is 1. The molecule has 5 heteroatoms. The van der Waals surface area contributed by atoms with Crippen LogP contribution in [-0.2, 0) is 4.79 Å². The van der Waals surface area contributed by atoms with E-state index in [1.165, 1.54) is 19.4 Å². The van der Waals surface area contributed by atoms with Gasteiger partial charge in [0.25, 0.3) is 0 Å². The maximum Gasteiger partial charge on any atom is 0.228 e. The minimum absolute atomic E-state index is 0.227. The zero-order valence-corrected chi connectivity index (χ0v) is 12.8. The Hall–Kier alpha value is -1.62. The fourth-order valence-electron chi connectivity index (χ4n) is 3.88. The van der Waals surface area contributed by atoms with Crippen LogP contribution in [0.2, 0.25) is 0 Å². The van der Waals surface area contributed by atoms with Gasteiger partial charge in [0.1, 0.15) is 5.75 Å². The number of ether oxygens (including phenoxy) is 1. The van der Waals surface area contributed by atoms with E-state index in [9.17, 15) is 4.79 Å². The van der Waals surface area contributed by atoms with Crippen molar-refractivity contribution in [2.75, 3.05) is 32.8 Å². The van der Waals surface area contributed by atoms with Gasteiger partial charge >= 0.3 is 0 Å². The first-order valence-electron chi connectivity index (χ1n) is 8.30. The lowest BCUT2D eigenvalue weighted by Crippen LogP contribution is -2.40. The van der Waals surface area contributed by atoms with Crippen molar-refractivity contribution >= 4 is 5.91 Å². The molecule has 1 spiro atoms. The van der Waals surface area contributed by atoms with Gasteiger partial charge in [-0.2, -0.15) is 0 Å². The molecule has 2 aliphatic heterocycles. The van der Waals surface area contributed by atoms with E-state index in [1.54, 1.807) is 12.4 Å². The molecule has 0 unspecified atom stereocenters. The van der Waals surface area contributed by atoms with E-state index in [4.69, 9.17) is 4.74 Å². The van der Waals surface area contributed by atoms with Crippen molar-refractivity contribution in [3.63, 3.8) is 0 Å². The number of pyridine rings is 1. The predicted molar refractivity (Wildman–Crippen MR) is 82.4 cm³/mol. The molecule has 1 aromatic heterocycles. The molecule has 4 rings (SSSR count). The number of rotatable bonds is 5. The molecule has 1 N–H and O–H groups in total. The average Bonchev–Trinajstić information content (AvgIpc) is 3.17. The summed E-state index contributed by atoms with van der Waals surface area (Å²) in [6.07, 6.45) is 7.16. The zero-order valence-electron chi connectivity index (χ0n) is 12.8. The second-order valence-corrected chi connectivity index (χ2v) is 6.99. The van der Waals surface area contributed by atoms with Crippen molar-refractivity contribution in [2.24, 2.45) is 17.3 Å². The summed E-state index contributed by atoms with van der Waals surface area (Å²) in [4.78, 5) is 19.0. The Balaban J connectivity index is 1.41. The topological polar surface area (TPSA) is 54.5 Å². The molecule has 3 aliphatic rings. The van der Waals surface area contributed by atoms with Gasteiger partial charge in [0.05, 0.1) is 18.2 Å². The van der Waals surface area contributed by atoms with Crippen molar-refractivity contribution in [3.8, 4) is 5.75 Å². The minimum atomic E-state index is -0.239. The highest BCUT2D eigenvalue weighted by molar-refractivity contribution is 5.86. The third kappa shape index (κ3) is 2.58. The van der Waals surface area contributed by atoms with E-state index >= 15 is 0 Å². The van der Waals surface area contributed by atoms with Crippen LogP contribution in [0.15, 0.2) is 24.5 Å². The Labute approximate surface area is 131 Å². The van der Waals surface area contributed by atoms with Crippen LogP contribution in [0.1, 0.15) is 19.3 Å². The number of nitrogens with one attached hydrogen (secondary N) is 1. The molecule has 118 valence electrons. The van der Waals surface area contributed by atoms with Crippen LogP contribution in [0.5, 0.6) is 5.75 Å². The number of carbonyl (C=O) groups is 1. The largest absolute Gasteiger partial charge is 0.492 e. The van der Waals surface area contributed by atoms with Gasteiger partial charge in [-0.1, -0.05) is 0 Å². The fourth-order valence-corrected chi connectivity index (χ4v) is 3.88. The number of likely N-dealkylation sites (tertiary alicyclic amines) is 1. The molecular weight excluding hydrogens is 278 g/mol. The van der Waals surface area contributed by atoms with Gasteiger partial charge in [-0.15, -0.1) is 0 Å². The van der Waals surface area contributed by atoms with E-state index in [0.717, 1.165) is 37.7 Å². The Morgan fingerprint density at radius 1 is 1.45 bits per heavy atom. The van der Waals surface area contributed by atoms with Crippen molar-refractivity contribution in [3.05, 3.63) is 24.5 Å². The zero-order chi connectivity index (χ0) is 15.0. The van der Waals surface area contributed by atoms with E-state index in [0.29, 0.717) is 6.61 Å². The average molecular weight is 301 g/mol. The van der Waals surface area contributed by atoms with E-state index in [2.05, 4.69) is 15.2 Å². The molecule has 3 heterocycles. The van der Waals surface area contributed by atoms with Gasteiger partial charge in [0.15, 0.2) is 0 Å². The second-order valence-electron chi connectivity index (χ2n) is 6.99. The van der Waals surface area contributed by atoms with Crippen molar-refractivity contribution in [2.45, 2.75) is 19.3 Å². The molecule has 2 atom stereocenters. The molecule has 1 saturated carbocycles. The third-order valence-corrected chi connectivity index (χ3v) is 5.42. The Kier molecular flexibility index (Phi) is 3.53. The van der Waals surface area contributed by atoms with Crippen molar-refractivity contribution < 1.29 is 9.53 Å². The van der Waals surface area contributed by atoms with Crippen molar-refractivity contribution in [1.29, 1.82) is 0 Å². The summed E-state index contributed by atoms with van der Waals surface area (Å²) < 4.78 is 5.88. The molecule has 1 aliphatic carbocycles. The lowest BCUT2D eigenvalue weighted by molar-refractivity contribution is -0.128. The van der Waals surface area contributed by atoms with Crippen LogP contribution in [0, 0.1) is 17.3 Å². The van der Waals surface area contributed by atoms with Gasteiger partial charge in [-0.25, -0.2) is 0 Å². The van der Waals surface area contributed by atoms with Crippen LogP contribution in [0.25, 0.3) is 0 Å². The van der Waals surface area contributed by atoms with Crippen molar-refractivity contribution in [1.82, 2.24) is 15.2 Å². The van der Waals surface area contributed by atoms with Crippen LogP contribution in [0.4, 0.5) is 0 Å². The Morgan fingerprint density at radius 2 is 2.36 bits per heavy atom. The predicted octanol–water partition coefficient (Wildman–Crippen LogP) is 1.31. The molecule has 5 nitrogen and oxygen atoms in total. The summed E-state index contributed by atoms with van der Waals surface area (Å²) in [5.74, 6) is 2.14. The maximum absolute atomic E-state index is 12.5. The minimum Gasteiger partial charge on any atom is -0.492 e. The van der Waals surface area contributed by atoms with Crippen LogP contribution in [-0.4, -0.2) is 48.6 Å². The van der Waals surface area contributed by atoms with E-state index in [-0.39, 0.29) is 17.2 Å². The summed E-state index contributed by atoms with van der Waals surface area (Å²) in [5.41, 5.74) is -0.239. The first kappa shape index (κ1) is 14.0. The standard InChI is InChI=1S/C17H23N3O2/c21-16-17(5-7-20(12-17)10-13-3-4-13)14(8-19-16)11-22-15-2-1-6-18-9-15/h1-2,6,9,13-14H,3-5,7-8,10-12H2,(H,19,21)/t14-,17-/m1/s1. The number of hydrogen-bond acceptors (Lipinski definition) is 4. The molecule has 22 heavy (non-hydrogen) atoms. The smallest absolute Gasteiger partial charge is 0.228 e. The SMILES string of the molecule is O=C1NC[C@H](COc2cccnc2)[C@]12CCN(CC1CC1)C2. The molecule has 1 aromatic rings. The van der Waals surface area contributed by atoms with Gasteiger partial charge < -0.3 is 15.0 Å². The Bertz CT molecular complexity index is 546. The highest BCUT2D eigenvalue weighted by Crippen LogP contribution is 2.43. The molecule has 0 bridgehead atoms. The van der Waals surface area contributed by atoms with Crippen LogP contribution >= 0.6 is 0 Å². The summed E-state index contributed by atoms with van der Waals surface area (Å²) >= 11 is 0. The molecule has 2 saturated heterocycles. The highest BCUT2D eigenvalue weighted by Gasteiger charge is 2.54. The maximum atomic E-state index is 12.5. The summed E-state index contributed by atoms with van der Waals surface area (Å²) in [5, 5.41) is 3.07. The van der Waals surface area contributed by atoms with Crippen LogP contribution in [0.3, 0.4) is 0 Å². The van der Waals surface area contributed by atoms with Gasteiger partial charge in [-0.3, -0.25) is 9.78 Å². The first-order chi connectivity index (χ1) is 10.8. The fraction of sp³-hybridized carbons (Fsp3) is 0.647. The first-order valence-corrected chi connectivity index (χ1v) is 8.30. The van der Waals surface area contributed by atoms with E-state index < -0.39 is 0 Å². The van der Waals surface area contributed by atoms with Gasteiger partial charge in [0, 0.05) is 31.7 Å². The normalized spacial score (nSPS) is 31.6. The monoisotopic (exact) mass is 301 g/mol.